The summed E-state index contributed by atoms with van der Waals surface area (Å²) in [4.78, 5) is 4.34. The fourth-order valence-electron chi connectivity index (χ4n) is 3.71. The quantitative estimate of drug-likeness (QED) is 0.715. The van der Waals surface area contributed by atoms with Gasteiger partial charge in [-0.1, -0.05) is 6.08 Å². The Bertz CT molecular complexity index is 1210. The van der Waals surface area contributed by atoms with Crippen LogP contribution in [0, 0.1) is 29.6 Å². The van der Waals surface area contributed by atoms with E-state index in [9.17, 15) is 15.6 Å². The average Bonchev–Trinajstić information content (AvgIpc) is 2.96. The van der Waals surface area contributed by atoms with Crippen molar-refractivity contribution < 1.29 is 9.84 Å². The topological polar surface area (TPSA) is 116 Å². The molecule has 0 saturated heterocycles. The lowest BCUT2D eigenvalue weighted by Crippen LogP contribution is -2.03. The molecule has 1 aromatic heterocycles. The van der Waals surface area contributed by atoms with E-state index in [1.54, 1.807) is 12.1 Å². The maximum atomic E-state index is 10.5. The third-order valence-electron chi connectivity index (χ3n) is 5.14. The second-order valence-electron chi connectivity index (χ2n) is 6.95. The number of allylic oxidation sites excluding steroid dienone is 4. The zero-order chi connectivity index (χ0) is 22.0. The number of rotatable bonds is 5. The highest BCUT2D eigenvalue weighted by atomic mass is 16.5. The number of nitrogens with zero attached hydrogens (tertiary/aromatic N) is 3. The maximum absolute atomic E-state index is 10.5. The summed E-state index contributed by atoms with van der Waals surface area (Å²) in [5.74, 6) is 0.592. The molecule has 3 rings (SSSR count). The van der Waals surface area contributed by atoms with Gasteiger partial charge in [-0.3, -0.25) is 0 Å². The van der Waals surface area contributed by atoms with Gasteiger partial charge in [-0.15, -0.1) is 6.58 Å². The first-order valence-corrected chi connectivity index (χ1v) is 9.51. The van der Waals surface area contributed by atoms with Crippen molar-refractivity contribution in [3.05, 3.63) is 63.9 Å². The molecule has 0 radical (unpaired) electrons. The van der Waals surface area contributed by atoms with Gasteiger partial charge in [-0.2, -0.15) is 10.5 Å². The van der Waals surface area contributed by atoms with Gasteiger partial charge in [0.05, 0.1) is 23.4 Å². The van der Waals surface area contributed by atoms with Gasteiger partial charge < -0.3 is 15.6 Å². The molecule has 1 heterocycles. The number of aromatic nitrogens is 1. The number of hydrogen-bond acceptors (Lipinski definition) is 6. The Kier molecular flexibility index (Phi) is 5.62. The molecule has 3 N–H and O–H groups in total. The van der Waals surface area contributed by atoms with Crippen molar-refractivity contribution in [2.24, 2.45) is 0 Å². The van der Waals surface area contributed by atoms with E-state index >= 15 is 0 Å². The molecule has 0 atom stereocenters. The molecular weight excluding hydrogens is 376 g/mol. The van der Waals surface area contributed by atoms with Crippen LogP contribution in [0.3, 0.4) is 0 Å². The highest BCUT2D eigenvalue weighted by molar-refractivity contribution is 6.08. The van der Waals surface area contributed by atoms with Gasteiger partial charge in [0.1, 0.15) is 18.0 Å². The molecule has 30 heavy (non-hydrogen) atoms. The summed E-state index contributed by atoms with van der Waals surface area (Å²) in [5.41, 5.74) is 11.6. The first kappa shape index (κ1) is 20.7. The average molecular weight is 398 g/mol. The minimum Gasteiger partial charge on any atom is -0.504 e. The van der Waals surface area contributed by atoms with E-state index in [0.29, 0.717) is 46.7 Å². The van der Waals surface area contributed by atoms with Crippen molar-refractivity contribution in [2.45, 2.75) is 27.2 Å². The molecule has 0 spiro atoms. The van der Waals surface area contributed by atoms with Gasteiger partial charge in [-0.05, 0) is 67.7 Å². The number of aromatic hydroxyl groups is 1. The summed E-state index contributed by atoms with van der Waals surface area (Å²) in [5, 5.41) is 29.7. The minimum absolute atomic E-state index is 0.0908. The largest absolute Gasteiger partial charge is 0.504 e. The van der Waals surface area contributed by atoms with Crippen molar-refractivity contribution >= 4 is 23.0 Å². The number of nitrogens with two attached hydrogens (primary N) is 1. The Labute approximate surface area is 175 Å². The molecular formula is C24H22N4O2. The molecule has 2 aromatic rings. The third-order valence-corrected chi connectivity index (χ3v) is 5.14. The predicted molar refractivity (Wildman–Crippen MR) is 117 cm³/mol. The number of nitrogen functional groups attached to an aromatic ring is 1. The number of benzene rings is 1. The second-order valence-corrected chi connectivity index (χ2v) is 6.95. The summed E-state index contributed by atoms with van der Waals surface area (Å²) < 4.78 is 5.59. The summed E-state index contributed by atoms with van der Waals surface area (Å²) >= 11 is 0. The summed E-state index contributed by atoms with van der Waals surface area (Å²) in [7, 11) is 0. The number of ether oxygens (including phenoxy) is 1. The lowest BCUT2D eigenvalue weighted by atomic mass is 9.95. The normalized spacial score (nSPS) is 13.7. The fraction of sp³-hybridized carbons (Fsp3) is 0.208. The molecule has 1 aliphatic rings. The van der Waals surface area contributed by atoms with Crippen molar-refractivity contribution in [1.82, 2.24) is 4.98 Å². The van der Waals surface area contributed by atoms with Gasteiger partial charge in [0.15, 0.2) is 11.5 Å². The van der Waals surface area contributed by atoms with Gasteiger partial charge in [0, 0.05) is 11.1 Å². The molecule has 0 unspecified atom stereocenters. The second kappa shape index (κ2) is 8.14. The molecule has 1 aliphatic carbocycles. The van der Waals surface area contributed by atoms with Crippen molar-refractivity contribution in [3.63, 3.8) is 0 Å². The molecule has 0 fully saturated rings. The number of nitriles is 2. The lowest BCUT2D eigenvalue weighted by molar-refractivity contribution is 0.317. The van der Waals surface area contributed by atoms with Crippen LogP contribution in [0.1, 0.15) is 47.4 Å². The van der Waals surface area contributed by atoms with Crippen molar-refractivity contribution in [1.29, 1.82) is 10.5 Å². The van der Waals surface area contributed by atoms with Gasteiger partial charge in [0.2, 0.25) is 0 Å². The van der Waals surface area contributed by atoms with Crippen LogP contribution >= 0.6 is 0 Å². The molecule has 1 aromatic carbocycles. The van der Waals surface area contributed by atoms with Gasteiger partial charge >= 0.3 is 0 Å². The first-order valence-electron chi connectivity index (χ1n) is 9.51. The molecule has 150 valence electrons. The molecule has 0 aliphatic heterocycles. The van der Waals surface area contributed by atoms with Gasteiger partial charge in [0.25, 0.3) is 0 Å². The van der Waals surface area contributed by atoms with E-state index < -0.39 is 0 Å². The van der Waals surface area contributed by atoms with Crippen LogP contribution in [-0.2, 0) is 6.42 Å². The monoisotopic (exact) mass is 398 g/mol. The van der Waals surface area contributed by atoms with Crippen LogP contribution in [0.15, 0.2) is 30.4 Å². The van der Waals surface area contributed by atoms with E-state index in [1.807, 2.05) is 32.9 Å². The number of hydrogen-bond donors (Lipinski definition) is 2. The van der Waals surface area contributed by atoms with E-state index in [2.05, 4.69) is 23.7 Å². The lowest BCUT2D eigenvalue weighted by Gasteiger charge is -2.13. The van der Waals surface area contributed by atoms with Crippen LogP contribution in [0.5, 0.6) is 11.5 Å². The first-order chi connectivity index (χ1) is 14.4. The standard InChI is InChI=1S/C24H22N4O2/c1-5-7-16-8-15(10-20(23(16)29)30-6-2)9-17-13(3)18(11-25)22-21(17)14(4)19(12-26)24(27)28-22/h5,8-10,29H,1,6-7H2,2-4H3,(H2,27,28)/b17-9+. The minimum atomic E-state index is 0.0908. The zero-order valence-electron chi connectivity index (χ0n) is 17.2. The third kappa shape index (κ3) is 3.29. The van der Waals surface area contributed by atoms with Crippen LogP contribution in [-0.4, -0.2) is 16.7 Å². The number of fused-ring (bicyclic) bond motifs is 1. The van der Waals surface area contributed by atoms with E-state index in [1.165, 1.54) is 0 Å². The molecule has 0 saturated carbocycles. The Balaban J connectivity index is 2.30. The Morgan fingerprint density at radius 2 is 2.00 bits per heavy atom. The Morgan fingerprint density at radius 3 is 2.60 bits per heavy atom. The maximum Gasteiger partial charge on any atom is 0.161 e. The summed E-state index contributed by atoms with van der Waals surface area (Å²) in [6.07, 6.45) is 4.11. The molecule has 6 nitrogen and oxygen atoms in total. The van der Waals surface area contributed by atoms with E-state index in [0.717, 1.165) is 22.3 Å². The highest BCUT2D eigenvalue weighted by Crippen LogP contribution is 2.44. The molecule has 0 bridgehead atoms. The smallest absolute Gasteiger partial charge is 0.161 e. The van der Waals surface area contributed by atoms with E-state index in [-0.39, 0.29) is 11.6 Å². The van der Waals surface area contributed by atoms with Crippen LogP contribution in [0.25, 0.3) is 17.2 Å². The van der Waals surface area contributed by atoms with Crippen molar-refractivity contribution in [2.75, 3.05) is 12.3 Å². The Hall–Kier alpha value is -4.03. The van der Waals surface area contributed by atoms with E-state index in [4.69, 9.17) is 10.5 Å². The number of anilines is 1. The van der Waals surface area contributed by atoms with Crippen LogP contribution in [0.4, 0.5) is 5.82 Å². The highest BCUT2D eigenvalue weighted by Gasteiger charge is 2.29. The molecule has 0 amide bonds. The van der Waals surface area contributed by atoms with Crippen LogP contribution in [0.2, 0.25) is 0 Å². The number of phenolic OH excluding ortho intramolecular Hbond substituents is 1. The van der Waals surface area contributed by atoms with Gasteiger partial charge in [-0.25, -0.2) is 4.98 Å². The summed E-state index contributed by atoms with van der Waals surface area (Å²) in [6.45, 7) is 9.66. The predicted octanol–water partition coefficient (Wildman–Crippen LogP) is 4.53. The number of phenols is 1. The number of pyridine rings is 1. The molecule has 6 heteroatoms. The summed E-state index contributed by atoms with van der Waals surface area (Å²) in [6, 6.07) is 7.92. The van der Waals surface area contributed by atoms with Crippen molar-refractivity contribution in [3.8, 4) is 23.6 Å². The fourth-order valence-corrected chi connectivity index (χ4v) is 3.71. The van der Waals surface area contributed by atoms with Crippen LogP contribution < -0.4 is 10.5 Å². The SMILES string of the molecule is C=CCc1cc(/C=C2\C(C)=C(C#N)c3nc(N)c(C#N)c(C)c32)cc(OCC)c1O. The Morgan fingerprint density at radius 1 is 1.27 bits per heavy atom. The zero-order valence-corrected chi connectivity index (χ0v) is 17.2.